The van der Waals surface area contributed by atoms with Gasteiger partial charge in [-0.15, -0.1) is 0 Å². The van der Waals surface area contributed by atoms with E-state index in [1.807, 2.05) is 12.3 Å². The van der Waals surface area contributed by atoms with E-state index in [0.29, 0.717) is 0 Å². The first-order valence-electron chi connectivity index (χ1n) is 9.43. The zero-order valence-corrected chi connectivity index (χ0v) is 15.2. The summed E-state index contributed by atoms with van der Waals surface area (Å²) in [4.78, 5) is 4.78. The van der Waals surface area contributed by atoms with Crippen molar-refractivity contribution < 1.29 is 0 Å². The van der Waals surface area contributed by atoms with Crippen molar-refractivity contribution >= 4 is 33.0 Å². The lowest BCUT2D eigenvalue weighted by atomic mass is 10.2. The molecule has 0 aliphatic heterocycles. The topological polar surface area (TPSA) is 22.8 Å². The zero-order chi connectivity index (χ0) is 18.5. The number of para-hydroxylation sites is 3. The highest BCUT2D eigenvalue weighted by Gasteiger charge is 2.22. The van der Waals surface area contributed by atoms with Crippen molar-refractivity contribution in [3.05, 3.63) is 103 Å². The fraction of sp³-hybridized carbons (Fsp3) is 0. The fourth-order valence-corrected chi connectivity index (χ4v) is 4.23. The molecule has 3 aromatic carbocycles. The Morgan fingerprint density at radius 3 is 1.82 bits per heavy atom. The first kappa shape index (κ1) is 15.2. The average molecular weight is 359 g/mol. The predicted molar refractivity (Wildman–Crippen MR) is 115 cm³/mol. The Morgan fingerprint density at radius 2 is 1.11 bits per heavy atom. The molecule has 6 aromatic rings. The van der Waals surface area contributed by atoms with Crippen molar-refractivity contribution in [1.29, 1.82) is 0 Å². The second-order valence-corrected chi connectivity index (χ2v) is 6.93. The molecule has 3 aromatic heterocycles. The van der Waals surface area contributed by atoms with Crippen molar-refractivity contribution in [3.63, 3.8) is 0 Å². The quantitative estimate of drug-likeness (QED) is 0.365. The molecule has 0 N–H and O–H groups in total. The highest BCUT2D eigenvalue weighted by Crippen LogP contribution is 2.39. The summed E-state index contributed by atoms with van der Waals surface area (Å²) in [6, 6.07) is 33.8. The predicted octanol–water partition coefficient (Wildman–Crippen LogP) is 6.12. The number of benzene rings is 3. The minimum absolute atomic E-state index is 1.03. The average Bonchev–Trinajstić information content (AvgIpc) is 3.27. The van der Waals surface area contributed by atoms with Gasteiger partial charge in [-0.25, -0.2) is 0 Å². The van der Waals surface area contributed by atoms with Gasteiger partial charge in [-0.2, -0.15) is 0 Å². The van der Waals surface area contributed by atoms with E-state index in [-0.39, 0.29) is 0 Å². The van der Waals surface area contributed by atoms with Gasteiger partial charge in [-0.1, -0.05) is 54.6 Å². The highest BCUT2D eigenvalue weighted by molar-refractivity contribution is 6.21. The molecule has 3 heteroatoms. The van der Waals surface area contributed by atoms with Gasteiger partial charge >= 0.3 is 0 Å². The van der Waals surface area contributed by atoms with Crippen molar-refractivity contribution in [2.75, 3.05) is 0 Å². The molecule has 28 heavy (non-hydrogen) atoms. The molecule has 3 nitrogen and oxygen atoms in total. The summed E-state index contributed by atoms with van der Waals surface area (Å²) in [6.45, 7) is 0. The fourth-order valence-electron chi connectivity index (χ4n) is 4.23. The number of nitrogens with zero attached hydrogens (tertiary/aromatic N) is 3. The molecule has 132 valence electrons. The maximum Gasteiger partial charge on any atom is 0.133 e. The molecule has 0 saturated heterocycles. The molecule has 0 amide bonds. The monoisotopic (exact) mass is 359 g/mol. The maximum atomic E-state index is 4.78. The van der Waals surface area contributed by atoms with Gasteiger partial charge in [0.15, 0.2) is 0 Å². The van der Waals surface area contributed by atoms with Gasteiger partial charge in [-0.3, -0.25) is 14.1 Å². The third kappa shape index (κ3) is 2.01. The molecule has 0 aliphatic carbocycles. The van der Waals surface area contributed by atoms with Crippen molar-refractivity contribution in [2.45, 2.75) is 0 Å². The van der Waals surface area contributed by atoms with Crippen LogP contribution in [0, 0.1) is 0 Å². The van der Waals surface area contributed by atoms with Crippen molar-refractivity contribution in [2.24, 2.45) is 0 Å². The summed E-state index contributed by atoms with van der Waals surface area (Å²) in [5.41, 5.74) is 6.77. The SMILES string of the molecule is c1ccc(-n2c3ccccc3c3c4ncccc4n(-c4ccccc4)c32)cc1. The molecule has 0 saturated carbocycles. The lowest BCUT2D eigenvalue weighted by Gasteiger charge is -2.12. The summed E-state index contributed by atoms with van der Waals surface area (Å²) >= 11 is 0. The van der Waals surface area contributed by atoms with Crippen LogP contribution in [0.5, 0.6) is 0 Å². The molecular formula is C25H17N3. The van der Waals surface area contributed by atoms with E-state index in [2.05, 4.69) is 100 Å². The van der Waals surface area contributed by atoms with E-state index < -0.39 is 0 Å². The van der Waals surface area contributed by atoms with Crippen LogP contribution >= 0.6 is 0 Å². The number of hydrogen-bond acceptors (Lipinski definition) is 1. The summed E-state index contributed by atoms with van der Waals surface area (Å²) in [5, 5.41) is 2.42. The molecule has 0 spiro atoms. The first-order valence-corrected chi connectivity index (χ1v) is 9.43. The van der Waals surface area contributed by atoms with Crippen LogP contribution in [-0.2, 0) is 0 Å². The van der Waals surface area contributed by atoms with Crippen LogP contribution in [-0.4, -0.2) is 14.1 Å². The number of fused-ring (bicyclic) bond motifs is 5. The third-order valence-electron chi connectivity index (χ3n) is 5.35. The number of aromatic nitrogens is 3. The Hall–Kier alpha value is -3.85. The Balaban J connectivity index is 1.93. The van der Waals surface area contributed by atoms with Crippen LogP contribution in [0.2, 0.25) is 0 Å². The van der Waals surface area contributed by atoms with Crippen LogP contribution in [0.1, 0.15) is 0 Å². The van der Waals surface area contributed by atoms with Crippen LogP contribution in [0.4, 0.5) is 0 Å². The van der Waals surface area contributed by atoms with Crippen LogP contribution < -0.4 is 0 Å². The normalized spacial score (nSPS) is 11.6. The van der Waals surface area contributed by atoms with Crippen LogP contribution in [0.15, 0.2) is 103 Å². The Kier molecular flexibility index (Phi) is 3.17. The molecular weight excluding hydrogens is 342 g/mol. The van der Waals surface area contributed by atoms with Gasteiger partial charge in [0, 0.05) is 23.0 Å². The standard InChI is InChI=1S/C25H17N3/c1-3-10-18(11-4-1)27-21-15-8-7-14-20(21)23-24-22(16-9-17-26-24)28(25(23)27)19-12-5-2-6-13-19/h1-17H. The van der Waals surface area contributed by atoms with Gasteiger partial charge in [0.05, 0.1) is 21.9 Å². The summed E-state index contributed by atoms with van der Waals surface area (Å²) in [7, 11) is 0. The third-order valence-corrected chi connectivity index (χ3v) is 5.35. The molecule has 0 fully saturated rings. The first-order chi connectivity index (χ1) is 13.9. The Bertz CT molecular complexity index is 1330. The second-order valence-electron chi connectivity index (χ2n) is 6.93. The van der Waals surface area contributed by atoms with Gasteiger partial charge in [0.25, 0.3) is 0 Å². The second kappa shape index (κ2) is 5.83. The van der Waals surface area contributed by atoms with Crippen LogP contribution in [0.3, 0.4) is 0 Å². The van der Waals surface area contributed by atoms with E-state index in [4.69, 9.17) is 4.98 Å². The van der Waals surface area contributed by atoms with Crippen molar-refractivity contribution in [1.82, 2.24) is 14.1 Å². The molecule has 0 atom stereocenters. The summed E-state index contributed by atoms with van der Waals surface area (Å²) in [6.07, 6.45) is 1.88. The number of hydrogen-bond donors (Lipinski definition) is 0. The van der Waals surface area contributed by atoms with Gasteiger partial charge < -0.3 is 0 Å². The summed E-state index contributed by atoms with van der Waals surface area (Å²) in [5.74, 6) is 0. The summed E-state index contributed by atoms with van der Waals surface area (Å²) < 4.78 is 4.67. The smallest absolute Gasteiger partial charge is 0.133 e. The number of rotatable bonds is 2. The molecule has 3 heterocycles. The largest absolute Gasteiger partial charge is 0.295 e. The van der Waals surface area contributed by atoms with E-state index >= 15 is 0 Å². The van der Waals surface area contributed by atoms with E-state index in [1.165, 1.54) is 16.3 Å². The minimum Gasteiger partial charge on any atom is -0.295 e. The molecule has 0 radical (unpaired) electrons. The van der Waals surface area contributed by atoms with Crippen LogP contribution in [0.25, 0.3) is 44.3 Å². The van der Waals surface area contributed by atoms with Gasteiger partial charge in [0.2, 0.25) is 0 Å². The molecule has 0 aliphatic rings. The minimum atomic E-state index is 1.03. The number of pyridine rings is 1. The van der Waals surface area contributed by atoms with E-state index in [9.17, 15) is 0 Å². The van der Waals surface area contributed by atoms with Crippen molar-refractivity contribution in [3.8, 4) is 11.4 Å². The molecule has 0 bridgehead atoms. The van der Waals surface area contributed by atoms with Gasteiger partial charge in [0.1, 0.15) is 5.65 Å². The lowest BCUT2D eigenvalue weighted by molar-refractivity contribution is 1.07. The Morgan fingerprint density at radius 1 is 0.536 bits per heavy atom. The van der Waals surface area contributed by atoms with Gasteiger partial charge in [-0.05, 0) is 42.5 Å². The Labute approximate surface area is 162 Å². The zero-order valence-electron chi connectivity index (χ0n) is 15.2. The molecule has 6 rings (SSSR count). The highest BCUT2D eigenvalue weighted by atomic mass is 15.1. The maximum absolute atomic E-state index is 4.78. The van der Waals surface area contributed by atoms with E-state index in [1.54, 1.807) is 0 Å². The lowest BCUT2D eigenvalue weighted by Crippen LogP contribution is -2.01. The van der Waals surface area contributed by atoms with E-state index in [0.717, 1.165) is 28.1 Å². The molecule has 0 unspecified atom stereocenters.